The molecule has 24 heavy (non-hydrogen) atoms. The van der Waals surface area contributed by atoms with E-state index in [0.29, 0.717) is 5.92 Å². The minimum Gasteiger partial charge on any atom is -0.208 e. The Morgan fingerprint density at radius 2 is 1.67 bits per heavy atom. The molecule has 1 fully saturated rings. The smallest absolute Gasteiger partial charge is 0.205 e. The highest BCUT2D eigenvalue weighted by Crippen LogP contribution is 2.36. The summed E-state index contributed by atoms with van der Waals surface area (Å²) in [4.78, 5) is 0. The first kappa shape index (κ1) is 18.7. The standard InChI is InChI=1S/C22H28F2/c1-3-5-17-7-9-19(10-8-17)13-16-21(23)22(24)20-14-11-18(6-4-2)12-15-20/h7-10,18,20H,3-6,11-12,14-15H2,1-2H3. The third-order valence-corrected chi connectivity index (χ3v) is 4.92. The van der Waals surface area contributed by atoms with Crippen molar-refractivity contribution in [3.05, 3.63) is 47.0 Å². The second-order valence-corrected chi connectivity index (χ2v) is 6.87. The van der Waals surface area contributed by atoms with Gasteiger partial charge in [0.05, 0.1) is 0 Å². The molecule has 0 spiro atoms. The SMILES string of the molecule is CCCc1ccc(C#CC(F)=C(F)C2CCC(CCC)CC2)cc1. The summed E-state index contributed by atoms with van der Waals surface area (Å²) in [7, 11) is 0. The summed E-state index contributed by atoms with van der Waals surface area (Å²) >= 11 is 0. The number of hydrogen-bond acceptors (Lipinski definition) is 0. The molecule has 0 nitrogen and oxygen atoms in total. The maximum absolute atomic E-state index is 14.3. The first-order valence-electron chi connectivity index (χ1n) is 9.30. The number of aryl methyl sites for hydroxylation is 1. The van der Waals surface area contributed by atoms with Crippen LogP contribution in [0.5, 0.6) is 0 Å². The minimum absolute atomic E-state index is 0.278. The molecule has 0 aromatic heterocycles. The number of allylic oxidation sites excluding steroid dienone is 2. The van der Waals surface area contributed by atoms with Crippen molar-refractivity contribution >= 4 is 0 Å². The third kappa shape index (κ3) is 5.48. The summed E-state index contributed by atoms with van der Waals surface area (Å²) in [6.07, 6.45) is 8.00. The summed E-state index contributed by atoms with van der Waals surface area (Å²) in [6.45, 7) is 4.31. The lowest BCUT2D eigenvalue weighted by molar-refractivity contribution is 0.257. The molecule has 2 rings (SSSR count). The van der Waals surface area contributed by atoms with Gasteiger partial charge in [-0.3, -0.25) is 0 Å². The molecule has 1 saturated carbocycles. The fourth-order valence-electron chi connectivity index (χ4n) is 3.52. The second-order valence-electron chi connectivity index (χ2n) is 6.87. The first-order chi connectivity index (χ1) is 11.6. The van der Waals surface area contributed by atoms with Gasteiger partial charge in [0.1, 0.15) is 5.83 Å². The number of halogens is 2. The zero-order valence-corrected chi connectivity index (χ0v) is 14.9. The zero-order valence-electron chi connectivity index (χ0n) is 14.9. The van der Waals surface area contributed by atoms with Crippen LogP contribution in [0.15, 0.2) is 35.9 Å². The van der Waals surface area contributed by atoms with Crippen LogP contribution in [0.2, 0.25) is 0 Å². The molecule has 1 aromatic carbocycles. The summed E-state index contributed by atoms with van der Waals surface area (Å²) in [6, 6.07) is 7.75. The van der Waals surface area contributed by atoms with Crippen LogP contribution in [-0.2, 0) is 6.42 Å². The van der Waals surface area contributed by atoms with E-state index in [0.717, 1.165) is 44.1 Å². The molecule has 0 amide bonds. The highest BCUT2D eigenvalue weighted by atomic mass is 19.2. The van der Waals surface area contributed by atoms with Gasteiger partial charge < -0.3 is 0 Å². The molecule has 0 N–H and O–H groups in total. The van der Waals surface area contributed by atoms with Gasteiger partial charge in [0, 0.05) is 11.5 Å². The fourth-order valence-corrected chi connectivity index (χ4v) is 3.52. The molecule has 0 heterocycles. The Labute approximate surface area is 145 Å². The molecule has 0 unspecified atom stereocenters. The fraction of sp³-hybridized carbons (Fsp3) is 0.545. The van der Waals surface area contributed by atoms with Gasteiger partial charge in [-0.25, -0.2) is 4.39 Å². The van der Waals surface area contributed by atoms with Crippen molar-refractivity contribution in [1.82, 2.24) is 0 Å². The van der Waals surface area contributed by atoms with Crippen molar-refractivity contribution in [1.29, 1.82) is 0 Å². The largest absolute Gasteiger partial charge is 0.208 e. The zero-order chi connectivity index (χ0) is 17.4. The van der Waals surface area contributed by atoms with Crippen LogP contribution in [0.3, 0.4) is 0 Å². The van der Waals surface area contributed by atoms with Crippen molar-refractivity contribution in [3.63, 3.8) is 0 Å². The monoisotopic (exact) mass is 330 g/mol. The Morgan fingerprint density at radius 3 is 2.25 bits per heavy atom. The Bertz CT molecular complexity index is 593. The Balaban J connectivity index is 1.97. The van der Waals surface area contributed by atoms with Gasteiger partial charge in [-0.2, -0.15) is 4.39 Å². The van der Waals surface area contributed by atoms with Crippen molar-refractivity contribution < 1.29 is 8.78 Å². The van der Waals surface area contributed by atoms with Crippen LogP contribution >= 0.6 is 0 Å². The molecule has 1 aromatic rings. The number of benzene rings is 1. The van der Waals surface area contributed by atoms with E-state index in [1.165, 1.54) is 18.4 Å². The van der Waals surface area contributed by atoms with Gasteiger partial charge in [0.15, 0.2) is 0 Å². The molecule has 0 saturated heterocycles. The highest BCUT2D eigenvalue weighted by Gasteiger charge is 2.25. The van der Waals surface area contributed by atoms with Crippen LogP contribution in [0, 0.1) is 23.7 Å². The minimum atomic E-state index is -0.883. The number of rotatable bonds is 5. The second kappa shape index (κ2) is 9.62. The summed E-state index contributed by atoms with van der Waals surface area (Å²) < 4.78 is 28.3. The Kier molecular flexibility index (Phi) is 7.50. The third-order valence-electron chi connectivity index (χ3n) is 4.92. The van der Waals surface area contributed by atoms with E-state index in [1.807, 2.05) is 24.3 Å². The molecule has 130 valence electrons. The summed E-state index contributed by atoms with van der Waals surface area (Å²) in [5.41, 5.74) is 1.97. The van der Waals surface area contributed by atoms with Crippen LogP contribution in [0.1, 0.15) is 69.9 Å². The van der Waals surface area contributed by atoms with E-state index in [-0.39, 0.29) is 5.92 Å². The highest BCUT2D eigenvalue weighted by molar-refractivity contribution is 5.40. The lowest BCUT2D eigenvalue weighted by Crippen LogP contribution is -2.15. The van der Waals surface area contributed by atoms with Crippen LogP contribution in [-0.4, -0.2) is 0 Å². The Morgan fingerprint density at radius 1 is 1.00 bits per heavy atom. The first-order valence-corrected chi connectivity index (χ1v) is 9.30. The van der Waals surface area contributed by atoms with Gasteiger partial charge in [-0.15, -0.1) is 0 Å². The number of hydrogen-bond donors (Lipinski definition) is 0. The van der Waals surface area contributed by atoms with Crippen molar-refractivity contribution in [2.75, 3.05) is 0 Å². The van der Waals surface area contributed by atoms with E-state index in [9.17, 15) is 8.78 Å². The summed E-state index contributed by atoms with van der Waals surface area (Å²) in [5.74, 6) is 4.00. The maximum atomic E-state index is 14.3. The molecule has 1 aliphatic carbocycles. The molecule has 0 radical (unpaired) electrons. The van der Waals surface area contributed by atoms with Gasteiger partial charge in [0.25, 0.3) is 0 Å². The lowest BCUT2D eigenvalue weighted by Gasteiger charge is -2.27. The van der Waals surface area contributed by atoms with Crippen LogP contribution in [0.4, 0.5) is 8.78 Å². The van der Waals surface area contributed by atoms with E-state index in [4.69, 9.17) is 0 Å². The van der Waals surface area contributed by atoms with Crippen molar-refractivity contribution in [3.8, 4) is 11.8 Å². The van der Waals surface area contributed by atoms with Gasteiger partial charge in [-0.1, -0.05) is 51.2 Å². The topological polar surface area (TPSA) is 0 Å². The summed E-state index contributed by atoms with van der Waals surface area (Å²) in [5, 5.41) is 0. The van der Waals surface area contributed by atoms with Crippen LogP contribution < -0.4 is 0 Å². The average molecular weight is 330 g/mol. The molecule has 0 atom stereocenters. The molecule has 2 heteroatoms. The average Bonchev–Trinajstić information content (AvgIpc) is 2.61. The molecular formula is C22H28F2. The normalized spacial score (nSPS) is 21.7. The molecule has 0 bridgehead atoms. The quantitative estimate of drug-likeness (QED) is 0.524. The maximum Gasteiger partial charge on any atom is 0.205 e. The van der Waals surface area contributed by atoms with E-state index >= 15 is 0 Å². The van der Waals surface area contributed by atoms with E-state index in [2.05, 4.69) is 25.7 Å². The van der Waals surface area contributed by atoms with E-state index < -0.39 is 11.7 Å². The molecule has 0 aliphatic heterocycles. The van der Waals surface area contributed by atoms with Gasteiger partial charge in [0.2, 0.25) is 5.83 Å². The lowest BCUT2D eigenvalue weighted by atomic mass is 9.79. The van der Waals surface area contributed by atoms with Crippen LogP contribution in [0.25, 0.3) is 0 Å². The van der Waals surface area contributed by atoms with Crippen molar-refractivity contribution in [2.45, 2.75) is 65.2 Å². The van der Waals surface area contributed by atoms with E-state index in [1.54, 1.807) is 0 Å². The Hall–Kier alpha value is -1.62. The predicted octanol–water partition coefficient (Wildman–Crippen LogP) is 6.75. The van der Waals surface area contributed by atoms with Gasteiger partial charge in [-0.05, 0) is 61.6 Å². The van der Waals surface area contributed by atoms with Crippen molar-refractivity contribution in [2.24, 2.45) is 11.8 Å². The predicted molar refractivity (Wildman–Crippen MR) is 96.9 cm³/mol. The van der Waals surface area contributed by atoms with Gasteiger partial charge >= 0.3 is 0 Å². The molecular weight excluding hydrogens is 302 g/mol. The molecule has 1 aliphatic rings.